The third kappa shape index (κ3) is 6.02. The number of hydrogen-bond donors (Lipinski definition) is 2. The molecule has 0 radical (unpaired) electrons. The van der Waals surface area contributed by atoms with E-state index in [0.717, 1.165) is 67.7 Å². The highest BCUT2D eigenvalue weighted by Gasteiger charge is 2.21. The molecular weight excluding hydrogens is 378 g/mol. The Hall–Kier alpha value is -2.96. The molecule has 162 valence electrons. The molecule has 0 aliphatic carbocycles. The molecule has 1 aliphatic heterocycles. The summed E-state index contributed by atoms with van der Waals surface area (Å²) in [5.74, 6) is 2.49. The lowest BCUT2D eigenvalue weighted by atomic mass is 10.0. The zero-order valence-corrected chi connectivity index (χ0v) is 18.4. The Bertz CT molecular complexity index is 808. The first-order valence-electron chi connectivity index (χ1n) is 10.5. The number of ether oxygens (including phenoxy) is 2. The van der Waals surface area contributed by atoms with Crippen LogP contribution < -0.4 is 25.0 Å². The number of guanidine groups is 1. The van der Waals surface area contributed by atoms with E-state index in [1.165, 1.54) is 5.56 Å². The van der Waals surface area contributed by atoms with Crippen molar-refractivity contribution in [3.05, 3.63) is 47.8 Å². The van der Waals surface area contributed by atoms with Gasteiger partial charge in [-0.25, -0.2) is 0 Å². The molecule has 0 unspecified atom stereocenters. The molecule has 0 amide bonds. The van der Waals surface area contributed by atoms with Crippen LogP contribution in [-0.2, 0) is 6.42 Å². The van der Waals surface area contributed by atoms with Gasteiger partial charge in [0.05, 0.1) is 14.2 Å². The summed E-state index contributed by atoms with van der Waals surface area (Å²) in [5, 5.41) is 6.98. The van der Waals surface area contributed by atoms with Gasteiger partial charge in [0.1, 0.15) is 11.5 Å². The topological polar surface area (TPSA) is 71.0 Å². The molecule has 3 rings (SSSR count). The highest BCUT2D eigenvalue weighted by atomic mass is 16.5. The van der Waals surface area contributed by atoms with Gasteiger partial charge in [0, 0.05) is 68.5 Å². The Kier molecular flexibility index (Phi) is 7.76. The lowest BCUT2D eigenvalue weighted by Crippen LogP contribution is -2.49. The lowest BCUT2D eigenvalue weighted by Gasteiger charge is -2.34. The monoisotopic (exact) mass is 411 g/mol. The van der Waals surface area contributed by atoms with Crippen LogP contribution in [0.25, 0.3) is 0 Å². The van der Waals surface area contributed by atoms with Gasteiger partial charge in [-0.15, -0.1) is 0 Å². The second-order valence-electron chi connectivity index (χ2n) is 7.53. The molecule has 0 saturated carbocycles. The summed E-state index contributed by atoms with van der Waals surface area (Å²) >= 11 is 0. The van der Waals surface area contributed by atoms with E-state index in [2.05, 4.69) is 43.7 Å². The average Bonchev–Trinajstić information content (AvgIpc) is 2.79. The Morgan fingerprint density at radius 3 is 2.40 bits per heavy atom. The summed E-state index contributed by atoms with van der Waals surface area (Å²) in [5.41, 5.74) is 3.41. The highest BCUT2D eigenvalue weighted by molar-refractivity contribution is 5.80. The fourth-order valence-electron chi connectivity index (χ4n) is 3.62. The van der Waals surface area contributed by atoms with E-state index < -0.39 is 0 Å². The van der Waals surface area contributed by atoms with Gasteiger partial charge in [0.2, 0.25) is 0 Å². The van der Waals surface area contributed by atoms with Crippen molar-refractivity contribution in [2.24, 2.45) is 4.99 Å². The number of nitrogens with one attached hydrogen (secondary N) is 2. The molecule has 7 heteroatoms. The Labute approximate surface area is 179 Å². The SMILES string of the molecule is CN=C(NCCc1ccc(C)nc1)NC1CCN(c2cc(OC)cc(OC)c2)CC1. The van der Waals surface area contributed by atoms with Gasteiger partial charge in [-0.05, 0) is 37.8 Å². The number of aromatic nitrogens is 1. The van der Waals surface area contributed by atoms with E-state index >= 15 is 0 Å². The normalized spacial score (nSPS) is 15.1. The first-order chi connectivity index (χ1) is 14.6. The number of anilines is 1. The van der Waals surface area contributed by atoms with E-state index in [9.17, 15) is 0 Å². The number of pyridine rings is 1. The summed E-state index contributed by atoms with van der Waals surface area (Å²) in [6.45, 7) is 4.77. The van der Waals surface area contributed by atoms with Gasteiger partial charge in [-0.3, -0.25) is 9.98 Å². The zero-order valence-electron chi connectivity index (χ0n) is 18.4. The second kappa shape index (κ2) is 10.7. The Morgan fingerprint density at radius 2 is 1.83 bits per heavy atom. The van der Waals surface area contributed by atoms with Crippen molar-refractivity contribution >= 4 is 11.6 Å². The minimum atomic E-state index is 0.404. The quantitative estimate of drug-likeness (QED) is 0.539. The number of aliphatic imine (C=N–C) groups is 1. The first kappa shape index (κ1) is 21.7. The van der Waals surface area contributed by atoms with Gasteiger partial charge in [0.15, 0.2) is 5.96 Å². The molecule has 1 aliphatic rings. The molecule has 1 saturated heterocycles. The van der Waals surface area contributed by atoms with Crippen LogP contribution in [0.3, 0.4) is 0 Å². The molecule has 2 N–H and O–H groups in total. The van der Waals surface area contributed by atoms with Gasteiger partial charge in [-0.2, -0.15) is 0 Å². The summed E-state index contributed by atoms with van der Waals surface area (Å²) in [4.78, 5) is 11.1. The maximum atomic E-state index is 5.40. The molecule has 0 atom stereocenters. The first-order valence-corrected chi connectivity index (χ1v) is 10.5. The molecule has 1 fully saturated rings. The van der Waals surface area contributed by atoms with Crippen LogP contribution in [0.1, 0.15) is 24.1 Å². The maximum absolute atomic E-state index is 5.40. The summed E-state index contributed by atoms with van der Waals surface area (Å²) in [6.07, 6.45) is 4.95. The molecular formula is C23H33N5O2. The molecule has 0 spiro atoms. The van der Waals surface area contributed by atoms with E-state index in [-0.39, 0.29) is 0 Å². The number of piperidine rings is 1. The third-order valence-corrected chi connectivity index (χ3v) is 5.44. The van der Waals surface area contributed by atoms with E-state index in [1.807, 2.05) is 32.3 Å². The van der Waals surface area contributed by atoms with Crippen molar-refractivity contribution in [2.75, 3.05) is 45.8 Å². The van der Waals surface area contributed by atoms with Crippen LogP contribution in [0.5, 0.6) is 11.5 Å². The van der Waals surface area contributed by atoms with Crippen molar-refractivity contribution in [1.29, 1.82) is 0 Å². The Balaban J connectivity index is 1.46. The standard InChI is InChI=1S/C23H33N5O2/c1-17-5-6-18(16-26-17)7-10-25-23(24-2)27-19-8-11-28(12-9-19)20-13-21(29-3)15-22(14-20)30-4/h5-6,13-16,19H,7-12H2,1-4H3,(H2,24,25,27). The predicted molar refractivity (Wildman–Crippen MR) is 122 cm³/mol. The van der Waals surface area contributed by atoms with E-state index in [1.54, 1.807) is 14.2 Å². The lowest BCUT2D eigenvalue weighted by molar-refractivity contribution is 0.393. The van der Waals surface area contributed by atoms with Gasteiger partial charge < -0.3 is 25.0 Å². The maximum Gasteiger partial charge on any atom is 0.191 e. The fraction of sp³-hybridized carbons (Fsp3) is 0.478. The van der Waals surface area contributed by atoms with Crippen LogP contribution in [0.4, 0.5) is 5.69 Å². The predicted octanol–water partition coefficient (Wildman–Crippen LogP) is 2.78. The molecule has 2 aromatic rings. The number of benzene rings is 1. The highest BCUT2D eigenvalue weighted by Crippen LogP contribution is 2.30. The smallest absolute Gasteiger partial charge is 0.191 e. The van der Waals surface area contributed by atoms with Crippen LogP contribution in [-0.4, -0.2) is 57.9 Å². The molecule has 2 heterocycles. The van der Waals surface area contributed by atoms with Crippen molar-refractivity contribution in [3.63, 3.8) is 0 Å². The minimum Gasteiger partial charge on any atom is -0.497 e. The number of rotatable bonds is 7. The van der Waals surface area contributed by atoms with Crippen molar-refractivity contribution in [2.45, 2.75) is 32.2 Å². The van der Waals surface area contributed by atoms with E-state index in [4.69, 9.17) is 9.47 Å². The van der Waals surface area contributed by atoms with Gasteiger partial charge in [-0.1, -0.05) is 6.07 Å². The summed E-state index contributed by atoms with van der Waals surface area (Å²) < 4.78 is 10.8. The molecule has 30 heavy (non-hydrogen) atoms. The molecule has 7 nitrogen and oxygen atoms in total. The largest absolute Gasteiger partial charge is 0.497 e. The average molecular weight is 412 g/mol. The van der Waals surface area contributed by atoms with Crippen molar-refractivity contribution < 1.29 is 9.47 Å². The number of nitrogens with zero attached hydrogens (tertiary/aromatic N) is 3. The fourth-order valence-corrected chi connectivity index (χ4v) is 3.62. The van der Waals surface area contributed by atoms with Crippen LogP contribution in [0.15, 0.2) is 41.5 Å². The van der Waals surface area contributed by atoms with Crippen LogP contribution in [0, 0.1) is 6.92 Å². The summed E-state index contributed by atoms with van der Waals surface area (Å²) in [7, 11) is 5.19. The minimum absolute atomic E-state index is 0.404. The number of aryl methyl sites for hydroxylation is 1. The van der Waals surface area contributed by atoms with Crippen LogP contribution >= 0.6 is 0 Å². The summed E-state index contributed by atoms with van der Waals surface area (Å²) in [6, 6.07) is 10.6. The van der Waals surface area contributed by atoms with E-state index in [0.29, 0.717) is 6.04 Å². The molecule has 0 bridgehead atoms. The van der Waals surface area contributed by atoms with Gasteiger partial charge >= 0.3 is 0 Å². The number of methoxy groups -OCH3 is 2. The number of hydrogen-bond acceptors (Lipinski definition) is 5. The molecule has 1 aromatic heterocycles. The van der Waals surface area contributed by atoms with Crippen molar-refractivity contribution in [3.8, 4) is 11.5 Å². The second-order valence-corrected chi connectivity index (χ2v) is 7.53. The van der Waals surface area contributed by atoms with Crippen molar-refractivity contribution in [1.82, 2.24) is 15.6 Å². The molecule has 1 aromatic carbocycles. The zero-order chi connectivity index (χ0) is 21.3. The van der Waals surface area contributed by atoms with Crippen LogP contribution in [0.2, 0.25) is 0 Å². The third-order valence-electron chi connectivity index (χ3n) is 5.44. The van der Waals surface area contributed by atoms with Gasteiger partial charge in [0.25, 0.3) is 0 Å². The Morgan fingerprint density at radius 1 is 1.13 bits per heavy atom.